The quantitative estimate of drug-likeness (QED) is 0.748. The van der Waals surface area contributed by atoms with Crippen LogP contribution < -0.4 is 5.32 Å². The lowest BCUT2D eigenvalue weighted by Gasteiger charge is -2.17. The molecular formula is C18H17BrClFN2O2. The van der Waals surface area contributed by atoms with Crippen LogP contribution in [0.2, 0.25) is 5.02 Å². The molecule has 25 heavy (non-hydrogen) atoms. The lowest BCUT2D eigenvalue weighted by atomic mass is 10.1. The fourth-order valence-electron chi connectivity index (χ4n) is 2.21. The minimum atomic E-state index is -0.360. The Morgan fingerprint density at radius 3 is 2.64 bits per heavy atom. The molecule has 2 aromatic carbocycles. The third-order valence-electron chi connectivity index (χ3n) is 3.58. The number of carbonyl (C=O) groups excluding carboxylic acids is 2. The van der Waals surface area contributed by atoms with E-state index in [2.05, 4.69) is 21.2 Å². The first-order valence-corrected chi connectivity index (χ1v) is 8.76. The maximum atomic E-state index is 13.8. The average Bonchev–Trinajstić information content (AvgIpc) is 2.55. The van der Waals surface area contributed by atoms with E-state index >= 15 is 0 Å². The third kappa shape index (κ3) is 5.83. The lowest BCUT2D eigenvalue weighted by molar-refractivity contribution is -0.133. The zero-order chi connectivity index (χ0) is 18.4. The van der Waals surface area contributed by atoms with Gasteiger partial charge in [0.15, 0.2) is 0 Å². The van der Waals surface area contributed by atoms with Gasteiger partial charge in [-0.15, -0.1) is 0 Å². The topological polar surface area (TPSA) is 49.4 Å². The van der Waals surface area contributed by atoms with Crippen molar-refractivity contribution in [2.24, 2.45) is 0 Å². The minimum Gasteiger partial charge on any atom is -0.336 e. The number of nitrogens with zero attached hydrogens (tertiary/aromatic N) is 1. The van der Waals surface area contributed by atoms with E-state index in [9.17, 15) is 14.0 Å². The van der Waals surface area contributed by atoms with Crippen molar-refractivity contribution in [2.75, 3.05) is 18.9 Å². The van der Waals surface area contributed by atoms with Crippen LogP contribution in [-0.2, 0) is 16.0 Å². The number of likely N-dealkylation sites (N-methyl/N-ethyl adjacent to an activating group) is 1. The van der Waals surface area contributed by atoms with E-state index in [1.165, 1.54) is 18.0 Å². The molecule has 7 heteroatoms. The molecular weight excluding hydrogens is 411 g/mol. The highest BCUT2D eigenvalue weighted by Gasteiger charge is 2.15. The van der Waals surface area contributed by atoms with Gasteiger partial charge in [0.2, 0.25) is 11.8 Å². The van der Waals surface area contributed by atoms with Gasteiger partial charge in [0.05, 0.1) is 17.3 Å². The molecule has 0 bridgehead atoms. The lowest BCUT2D eigenvalue weighted by Crippen LogP contribution is -2.35. The minimum absolute atomic E-state index is 0.104. The van der Waals surface area contributed by atoms with Crippen molar-refractivity contribution in [1.82, 2.24) is 4.90 Å². The summed E-state index contributed by atoms with van der Waals surface area (Å²) < 4.78 is 14.4. The van der Waals surface area contributed by atoms with E-state index < -0.39 is 0 Å². The summed E-state index contributed by atoms with van der Waals surface area (Å²) in [5.74, 6) is -0.948. The summed E-state index contributed by atoms with van der Waals surface area (Å²) in [5.41, 5.74) is 0.956. The third-order valence-corrected chi connectivity index (χ3v) is 4.40. The second kappa shape index (κ2) is 8.97. The van der Waals surface area contributed by atoms with E-state index in [0.717, 1.165) is 0 Å². The van der Waals surface area contributed by atoms with Crippen molar-refractivity contribution in [3.05, 3.63) is 63.3 Å². The Hall–Kier alpha value is -1.92. The molecule has 0 aliphatic rings. The Bertz CT molecular complexity index is 785. The zero-order valence-corrected chi connectivity index (χ0v) is 15.9. The summed E-state index contributed by atoms with van der Waals surface area (Å²) in [4.78, 5) is 25.5. The Morgan fingerprint density at radius 2 is 1.96 bits per heavy atom. The molecule has 0 aromatic heterocycles. The maximum Gasteiger partial charge on any atom is 0.244 e. The molecule has 4 nitrogen and oxygen atoms in total. The summed E-state index contributed by atoms with van der Waals surface area (Å²) in [7, 11) is 1.53. The number of nitrogens with one attached hydrogen (secondary N) is 1. The molecule has 0 saturated carbocycles. The molecule has 0 unspecified atom stereocenters. The van der Waals surface area contributed by atoms with E-state index in [0.29, 0.717) is 20.7 Å². The van der Waals surface area contributed by atoms with Gasteiger partial charge >= 0.3 is 0 Å². The highest BCUT2D eigenvalue weighted by Crippen LogP contribution is 2.20. The molecule has 1 N–H and O–H groups in total. The molecule has 0 radical (unpaired) electrons. The molecule has 0 heterocycles. The molecule has 2 amide bonds. The van der Waals surface area contributed by atoms with Crippen molar-refractivity contribution in [1.29, 1.82) is 0 Å². The molecule has 2 aromatic rings. The SMILES string of the molecule is CN(CC(=O)Nc1ccccc1Cl)C(=O)CCc1ccc(Br)cc1F. The van der Waals surface area contributed by atoms with Crippen LogP contribution in [0.4, 0.5) is 10.1 Å². The number of carbonyl (C=O) groups is 2. The molecule has 0 aliphatic carbocycles. The molecule has 0 aliphatic heterocycles. The number of benzene rings is 2. The number of hydrogen-bond acceptors (Lipinski definition) is 2. The first kappa shape index (κ1) is 19.4. The van der Waals surface area contributed by atoms with Crippen molar-refractivity contribution in [3.63, 3.8) is 0 Å². The number of aryl methyl sites for hydroxylation is 1. The van der Waals surface area contributed by atoms with Gasteiger partial charge in [-0.05, 0) is 36.2 Å². The van der Waals surface area contributed by atoms with E-state index in [-0.39, 0.29) is 37.0 Å². The predicted molar refractivity (Wildman–Crippen MR) is 100 cm³/mol. The Balaban J connectivity index is 1.85. The van der Waals surface area contributed by atoms with Crippen molar-refractivity contribution < 1.29 is 14.0 Å². The monoisotopic (exact) mass is 426 g/mol. The predicted octanol–water partition coefficient (Wildman–Crippen LogP) is 4.27. The van der Waals surface area contributed by atoms with Gasteiger partial charge in [0.1, 0.15) is 5.82 Å². The van der Waals surface area contributed by atoms with Crippen LogP contribution >= 0.6 is 27.5 Å². The van der Waals surface area contributed by atoms with Gasteiger partial charge in [0, 0.05) is 17.9 Å². The number of hydrogen-bond donors (Lipinski definition) is 1. The van der Waals surface area contributed by atoms with Crippen LogP contribution in [-0.4, -0.2) is 30.3 Å². The summed E-state index contributed by atoms with van der Waals surface area (Å²) in [5, 5.41) is 3.08. The van der Waals surface area contributed by atoms with Gasteiger partial charge in [-0.1, -0.05) is 45.7 Å². The van der Waals surface area contributed by atoms with E-state index in [1.54, 1.807) is 36.4 Å². The van der Waals surface area contributed by atoms with E-state index in [4.69, 9.17) is 11.6 Å². The Labute approximate surface area is 159 Å². The molecule has 132 valence electrons. The number of rotatable bonds is 6. The average molecular weight is 428 g/mol. The fraction of sp³-hybridized carbons (Fsp3) is 0.222. The van der Waals surface area contributed by atoms with Crippen LogP contribution in [0.3, 0.4) is 0 Å². The smallest absolute Gasteiger partial charge is 0.244 e. The molecule has 0 spiro atoms. The number of amides is 2. The first-order valence-electron chi connectivity index (χ1n) is 7.59. The van der Waals surface area contributed by atoms with Crippen molar-refractivity contribution >= 4 is 45.0 Å². The number of anilines is 1. The molecule has 0 atom stereocenters. The fourth-order valence-corrected chi connectivity index (χ4v) is 2.73. The summed E-state index contributed by atoms with van der Waals surface area (Å²) >= 11 is 9.17. The van der Waals surface area contributed by atoms with Gasteiger partial charge in [-0.2, -0.15) is 0 Å². The van der Waals surface area contributed by atoms with Crippen LogP contribution in [0.15, 0.2) is 46.9 Å². The zero-order valence-electron chi connectivity index (χ0n) is 13.6. The largest absolute Gasteiger partial charge is 0.336 e. The Kier molecular flexibility index (Phi) is 6.96. The van der Waals surface area contributed by atoms with Gasteiger partial charge in [0.25, 0.3) is 0 Å². The van der Waals surface area contributed by atoms with E-state index in [1.807, 2.05) is 0 Å². The normalized spacial score (nSPS) is 10.4. The molecule has 0 saturated heterocycles. The molecule has 2 rings (SSSR count). The first-order chi connectivity index (χ1) is 11.9. The standard InChI is InChI=1S/C18H17BrClFN2O2/c1-23(11-17(24)22-16-5-3-2-4-14(16)20)18(25)9-7-12-6-8-13(19)10-15(12)21/h2-6,8,10H,7,9,11H2,1H3,(H,22,24). The second-order valence-electron chi connectivity index (χ2n) is 5.51. The van der Waals surface area contributed by atoms with Gasteiger partial charge in [-0.25, -0.2) is 4.39 Å². The van der Waals surface area contributed by atoms with Crippen LogP contribution in [0, 0.1) is 5.82 Å². The summed E-state index contributed by atoms with van der Waals surface area (Å²) in [6, 6.07) is 11.6. The van der Waals surface area contributed by atoms with Gasteiger partial charge < -0.3 is 10.2 Å². The summed E-state index contributed by atoms with van der Waals surface area (Å²) in [6.07, 6.45) is 0.392. The van der Waals surface area contributed by atoms with Gasteiger partial charge in [-0.3, -0.25) is 9.59 Å². The maximum absolute atomic E-state index is 13.8. The van der Waals surface area contributed by atoms with Crippen LogP contribution in [0.1, 0.15) is 12.0 Å². The van der Waals surface area contributed by atoms with Crippen molar-refractivity contribution in [3.8, 4) is 0 Å². The highest BCUT2D eigenvalue weighted by molar-refractivity contribution is 9.10. The molecule has 0 fully saturated rings. The van der Waals surface area contributed by atoms with Crippen LogP contribution in [0.25, 0.3) is 0 Å². The number of para-hydroxylation sites is 1. The van der Waals surface area contributed by atoms with Crippen molar-refractivity contribution in [2.45, 2.75) is 12.8 Å². The highest BCUT2D eigenvalue weighted by atomic mass is 79.9. The second-order valence-corrected chi connectivity index (χ2v) is 6.84. The Morgan fingerprint density at radius 1 is 1.24 bits per heavy atom. The van der Waals surface area contributed by atoms with Crippen LogP contribution in [0.5, 0.6) is 0 Å². The summed E-state index contributed by atoms with van der Waals surface area (Å²) in [6.45, 7) is -0.104. The number of halogens is 3.